The predicted molar refractivity (Wildman–Crippen MR) is 145 cm³/mol. The number of halogens is 1. The minimum atomic E-state index is -0.502. The summed E-state index contributed by atoms with van der Waals surface area (Å²) in [6.45, 7) is 0. The van der Waals surface area contributed by atoms with E-state index in [1.807, 2.05) is 36.4 Å². The molecule has 0 aliphatic carbocycles. The molecule has 0 bridgehead atoms. The normalized spacial score (nSPS) is 10.6. The van der Waals surface area contributed by atoms with Crippen LogP contribution in [0.3, 0.4) is 0 Å². The smallest absolute Gasteiger partial charge is 0.323 e. The highest BCUT2D eigenvalue weighted by molar-refractivity contribution is 6.34. The zero-order chi connectivity index (χ0) is 26.5. The molecule has 1 heterocycles. The molecule has 190 valence electrons. The van der Waals surface area contributed by atoms with E-state index in [1.165, 1.54) is 19.5 Å². The number of hydrogen-bond donors (Lipinski definition) is 3. The zero-order valence-electron chi connectivity index (χ0n) is 20.0. The first-order valence-corrected chi connectivity index (χ1v) is 11.8. The van der Waals surface area contributed by atoms with Gasteiger partial charge in [-0.1, -0.05) is 41.9 Å². The number of rotatable bonds is 7. The number of carbonyl (C=O) groups is 1. The molecule has 0 saturated carbocycles. The van der Waals surface area contributed by atoms with Crippen LogP contribution in [0.1, 0.15) is 0 Å². The Morgan fingerprint density at radius 3 is 2.37 bits per heavy atom. The summed E-state index contributed by atoms with van der Waals surface area (Å²) in [6.07, 6.45) is 1.32. The second kappa shape index (κ2) is 10.9. The summed E-state index contributed by atoms with van der Waals surface area (Å²) in [6, 6.07) is 23.7. The van der Waals surface area contributed by atoms with Crippen molar-refractivity contribution in [3.8, 4) is 34.6 Å². The second-order valence-electron chi connectivity index (χ2n) is 7.95. The van der Waals surface area contributed by atoms with Crippen molar-refractivity contribution in [3.63, 3.8) is 0 Å². The first kappa shape index (κ1) is 24.7. The van der Waals surface area contributed by atoms with Crippen molar-refractivity contribution in [2.45, 2.75) is 0 Å². The van der Waals surface area contributed by atoms with E-state index in [-0.39, 0.29) is 22.4 Å². The maximum Gasteiger partial charge on any atom is 0.323 e. The first-order valence-electron chi connectivity index (χ1n) is 11.4. The van der Waals surface area contributed by atoms with E-state index >= 15 is 0 Å². The van der Waals surface area contributed by atoms with Crippen LogP contribution in [0.15, 0.2) is 91.3 Å². The van der Waals surface area contributed by atoms with Crippen LogP contribution in [0.25, 0.3) is 10.9 Å². The summed E-state index contributed by atoms with van der Waals surface area (Å²) in [4.78, 5) is 21.1. The summed E-state index contributed by atoms with van der Waals surface area (Å²) in [5.41, 5.74) is 1.34. The summed E-state index contributed by atoms with van der Waals surface area (Å²) in [7, 11) is 1.45. The van der Waals surface area contributed by atoms with Gasteiger partial charge in [0.05, 0.1) is 34.4 Å². The van der Waals surface area contributed by atoms with Gasteiger partial charge in [-0.05, 0) is 42.5 Å². The minimum Gasteiger partial charge on any atom is -0.504 e. The number of aromatic nitrogens is 2. The van der Waals surface area contributed by atoms with E-state index in [0.717, 1.165) is 0 Å². The first-order chi connectivity index (χ1) is 18.5. The van der Waals surface area contributed by atoms with Gasteiger partial charge >= 0.3 is 6.03 Å². The van der Waals surface area contributed by atoms with Gasteiger partial charge in [0.25, 0.3) is 0 Å². The molecule has 0 unspecified atom stereocenters. The van der Waals surface area contributed by atoms with E-state index in [0.29, 0.717) is 39.5 Å². The molecular weight excluding hydrogens is 508 g/mol. The summed E-state index contributed by atoms with van der Waals surface area (Å²) < 4.78 is 17.0. The lowest BCUT2D eigenvalue weighted by Crippen LogP contribution is -2.20. The van der Waals surface area contributed by atoms with Crippen LogP contribution >= 0.6 is 11.6 Å². The predicted octanol–water partition coefficient (Wildman–Crippen LogP) is 7.23. The molecule has 0 fully saturated rings. The van der Waals surface area contributed by atoms with E-state index in [9.17, 15) is 9.90 Å². The van der Waals surface area contributed by atoms with E-state index in [4.69, 9.17) is 25.8 Å². The third-order valence-electron chi connectivity index (χ3n) is 5.41. The molecule has 2 amide bonds. The number of ether oxygens (including phenoxy) is 3. The molecule has 10 heteroatoms. The average molecular weight is 529 g/mol. The summed E-state index contributed by atoms with van der Waals surface area (Å²) in [5.74, 6) is 1.98. The fourth-order valence-electron chi connectivity index (χ4n) is 3.62. The lowest BCUT2D eigenvalue weighted by Gasteiger charge is -2.14. The number of fused-ring (bicyclic) bond motifs is 1. The van der Waals surface area contributed by atoms with Gasteiger partial charge in [0.2, 0.25) is 5.88 Å². The largest absolute Gasteiger partial charge is 0.504 e. The number of phenolic OH excluding ortho intramolecular Hbond substituents is 1. The van der Waals surface area contributed by atoms with Crippen LogP contribution in [-0.2, 0) is 0 Å². The van der Waals surface area contributed by atoms with Crippen molar-refractivity contribution in [2.75, 3.05) is 17.7 Å². The molecule has 5 rings (SSSR count). The molecule has 0 radical (unpaired) electrons. The van der Waals surface area contributed by atoms with Gasteiger partial charge in [0.15, 0.2) is 17.2 Å². The molecule has 38 heavy (non-hydrogen) atoms. The van der Waals surface area contributed by atoms with E-state index < -0.39 is 6.03 Å². The number of urea groups is 1. The Balaban J connectivity index is 1.30. The number of benzene rings is 4. The van der Waals surface area contributed by atoms with Crippen LogP contribution in [0, 0.1) is 0 Å². The van der Waals surface area contributed by atoms with Crippen molar-refractivity contribution < 1.29 is 24.1 Å². The third-order valence-corrected chi connectivity index (χ3v) is 5.72. The Kier molecular flexibility index (Phi) is 7.10. The molecule has 1 aromatic heterocycles. The Labute approximate surface area is 222 Å². The number of para-hydroxylation sites is 3. The highest BCUT2D eigenvalue weighted by atomic mass is 35.5. The molecule has 0 atom stereocenters. The fourth-order valence-corrected chi connectivity index (χ4v) is 3.83. The molecule has 0 spiro atoms. The highest BCUT2D eigenvalue weighted by Gasteiger charge is 2.14. The van der Waals surface area contributed by atoms with E-state index in [2.05, 4.69) is 20.6 Å². The van der Waals surface area contributed by atoms with Crippen molar-refractivity contribution in [1.29, 1.82) is 0 Å². The molecule has 4 aromatic carbocycles. The van der Waals surface area contributed by atoms with Crippen LogP contribution in [0.5, 0.6) is 34.6 Å². The number of aromatic hydroxyl groups is 1. The van der Waals surface area contributed by atoms with Gasteiger partial charge < -0.3 is 30.0 Å². The maximum absolute atomic E-state index is 12.7. The molecule has 5 aromatic rings. The molecular formula is C28H21ClN4O5. The Hall–Kier alpha value is -5.02. The van der Waals surface area contributed by atoms with Gasteiger partial charge in [-0.2, -0.15) is 0 Å². The number of anilines is 2. The number of methoxy groups -OCH3 is 1. The van der Waals surface area contributed by atoms with Crippen LogP contribution in [0.2, 0.25) is 5.02 Å². The Bertz CT molecular complexity index is 1610. The van der Waals surface area contributed by atoms with Gasteiger partial charge in [-0.25, -0.2) is 14.8 Å². The maximum atomic E-state index is 12.7. The molecule has 0 saturated heterocycles. The van der Waals surface area contributed by atoms with Crippen molar-refractivity contribution >= 4 is 39.9 Å². The van der Waals surface area contributed by atoms with Crippen LogP contribution < -0.4 is 24.8 Å². The molecule has 0 aliphatic heterocycles. The SMILES string of the molecule is COc1cc2c(Oc3ccc(NC(=O)Nc4ccccc4Oc4ccccc4)c(Cl)c3)ncnc2cc1O. The number of amides is 2. The number of phenols is 1. The quantitative estimate of drug-likeness (QED) is 0.204. The number of hydrogen-bond acceptors (Lipinski definition) is 7. The van der Waals surface area contributed by atoms with Crippen LogP contribution in [-0.4, -0.2) is 28.2 Å². The highest BCUT2D eigenvalue weighted by Crippen LogP contribution is 2.36. The van der Waals surface area contributed by atoms with Crippen molar-refractivity contribution in [1.82, 2.24) is 9.97 Å². The Morgan fingerprint density at radius 2 is 1.58 bits per heavy atom. The van der Waals surface area contributed by atoms with Gasteiger partial charge in [-0.15, -0.1) is 0 Å². The monoisotopic (exact) mass is 528 g/mol. The number of carbonyl (C=O) groups excluding carboxylic acids is 1. The van der Waals surface area contributed by atoms with Crippen molar-refractivity contribution in [2.24, 2.45) is 0 Å². The van der Waals surface area contributed by atoms with E-state index in [1.54, 1.807) is 42.5 Å². The number of nitrogens with one attached hydrogen (secondary N) is 2. The average Bonchev–Trinajstić information content (AvgIpc) is 2.92. The third kappa shape index (κ3) is 5.53. The molecule has 0 aliphatic rings. The number of nitrogens with zero attached hydrogens (tertiary/aromatic N) is 2. The van der Waals surface area contributed by atoms with Crippen molar-refractivity contribution in [3.05, 3.63) is 96.3 Å². The molecule has 3 N–H and O–H groups in total. The topological polar surface area (TPSA) is 115 Å². The van der Waals surface area contributed by atoms with Gasteiger partial charge in [0.1, 0.15) is 17.8 Å². The lowest BCUT2D eigenvalue weighted by atomic mass is 10.2. The second-order valence-corrected chi connectivity index (χ2v) is 8.36. The fraction of sp³-hybridized carbons (Fsp3) is 0.0357. The minimum absolute atomic E-state index is 0.0457. The standard InChI is InChI=1S/C28H21ClN4O5/c1-36-26-14-19-23(15-24(26)34)30-16-31-27(19)38-18-11-12-21(20(29)13-18)32-28(35)33-22-9-5-6-10-25(22)37-17-7-3-2-4-8-17/h2-16,34H,1H3,(H2,32,33,35). The summed E-state index contributed by atoms with van der Waals surface area (Å²) in [5, 5.41) is 16.3. The zero-order valence-corrected chi connectivity index (χ0v) is 20.8. The lowest BCUT2D eigenvalue weighted by molar-refractivity contribution is 0.262. The Morgan fingerprint density at radius 1 is 0.816 bits per heavy atom. The van der Waals surface area contributed by atoms with Gasteiger partial charge in [0, 0.05) is 12.1 Å². The summed E-state index contributed by atoms with van der Waals surface area (Å²) >= 11 is 6.43. The molecule has 9 nitrogen and oxygen atoms in total. The van der Waals surface area contributed by atoms with Gasteiger partial charge in [-0.3, -0.25) is 0 Å². The van der Waals surface area contributed by atoms with Crippen LogP contribution in [0.4, 0.5) is 16.2 Å².